The first-order chi connectivity index (χ1) is 16.4. The maximum Gasteiger partial charge on any atom is 0.270 e. The number of amides is 1. The van der Waals surface area contributed by atoms with Gasteiger partial charge in [-0.15, -0.1) is 5.10 Å². The van der Waals surface area contributed by atoms with E-state index in [2.05, 4.69) is 35.5 Å². The molecule has 1 aliphatic rings. The Morgan fingerprint density at radius 3 is 2.74 bits per heavy atom. The third-order valence-electron chi connectivity index (χ3n) is 5.93. The zero-order valence-corrected chi connectivity index (χ0v) is 20.2. The van der Waals surface area contributed by atoms with Gasteiger partial charge in [-0.05, 0) is 50.3 Å². The Labute approximate surface area is 202 Å². The van der Waals surface area contributed by atoms with Crippen molar-refractivity contribution in [2.24, 2.45) is 13.0 Å². The molecule has 11 nitrogen and oxygen atoms in total. The molecule has 34 heavy (non-hydrogen) atoms. The zero-order chi connectivity index (χ0) is 24.2. The molecule has 1 aliphatic heterocycles. The summed E-state index contributed by atoms with van der Waals surface area (Å²) in [5.74, 6) is 1.62. The van der Waals surface area contributed by atoms with Crippen LogP contribution in [0.3, 0.4) is 0 Å². The number of rotatable bonds is 7. The molecule has 4 heterocycles. The van der Waals surface area contributed by atoms with Gasteiger partial charge in [0.2, 0.25) is 5.28 Å². The molecule has 0 aliphatic carbocycles. The van der Waals surface area contributed by atoms with Crippen LogP contribution in [-0.2, 0) is 7.05 Å². The summed E-state index contributed by atoms with van der Waals surface area (Å²) in [6.07, 6.45) is 3.47. The molecule has 0 atom stereocenters. The highest BCUT2D eigenvalue weighted by Gasteiger charge is 2.23. The molecular formula is C22H28ClN9O2. The SMILES string of the molecule is CCNC(=O)c1cc(N2CCC(COc3cc(-c4nnn(C)c4C)cnc3N)CC2)nc(Cl)n1. The number of aromatic nitrogens is 6. The smallest absolute Gasteiger partial charge is 0.270 e. The van der Waals surface area contributed by atoms with Gasteiger partial charge in [-0.2, -0.15) is 0 Å². The number of halogens is 1. The monoisotopic (exact) mass is 485 g/mol. The van der Waals surface area contributed by atoms with Crippen molar-refractivity contribution >= 4 is 29.1 Å². The van der Waals surface area contributed by atoms with E-state index in [0.717, 1.165) is 42.9 Å². The molecule has 0 radical (unpaired) electrons. The van der Waals surface area contributed by atoms with Gasteiger partial charge in [0.05, 0.1) is 12.3 Å². The number of ether oxygens (including phenoxy) is 1. The molecule has 0 spiro atoms. The van der Waals surface area contributed by atoms with Crippen LogP contribution in [0.15, 0.2) is 18.3 Å². The van der Waals surface area contributed by atoms with Gasteiger partial charge in [0.15, 0.2) is 11.6 Å². The number of nitrogens with one attached hydrogen (secondary N) is 1. The maximum atomic E-state index is 12.1. The third-order valence-corrected chi connectivity index (χ3v) is 6.10. The van der Waals surface area contributed by atoms with Crippen molar-refractivity contribution in [3.05, 3.63) is 35.0 Å². The van der Waals surface area contributed by atoms with E-state index in [-0.39, 0.29) is 16.9 Å². The number of carbonyl (C=O) groups excluding carboxylic acids is 1. The van der Waals surface area contributed by atoms with Gasteiger partial charge >= 0.3 is 0 Å². The highest BCUT2D eigenvalue weighted by atomic mass is 35.5. The molecule has 1 amide bonds. The first-order valence-electron chi connectivity index (χ1n) is 11.2. The van der Waals surface area contributed by atoms with Crippen LogP contribution < -0.4 is 20.7 Å². The summed E-state index contributed by atoms with van der Waals surface area (Å²) in [6.45, 7) is 6.38. The Bertz CT molecular complexity index is 1180. The molecule has 12 heteroatoms. The van der Waals surface area contributed by atoms with E-state index in [1.54, 1.807) is 16.9 Å². The topological polar surface area (TPSA) is 137 Å². The number of anilines is 2. The largest absolute Gasteiger partial charge is 0.489 e. The van der Waals surface area contributed by atoms with Gasteiger partial charge in [0.1, 0.15) is 17.2 Å². The van der Waals surface area contributed by atoms with Crippen LogP contribution in [0.4, 0.5) is 11.6 Å². The van der Waals surface area contributed by atoms with Crippen LogP contribution in [0.25, 0.3) is 11.3 Å². The number of aryl methyl sites for hydroxylation is 1. The fraction of sp³-hybridized carbons (Fsp3) is 0.455. The number of carbonyl (C=O) groups is 1. The lowest BCUT2D eigenvalue weighted by Crippen LogP contribution is -2.36. The molecule has 3 N–H and O–H groups in total. The van der Waals surface area contributed by atoms with E-state index >= 15 is 0 Å². The number of hydrogen-bond donors (Lipinski definition) is 2. The van der Waals surface area contributed by atoms with E-state index in [1.165, 1.54) is 0 Å². The average Bonchev–Trinajstić information content (AvgIpc) is 3.17. The summed E-state index contributed by atoms with van der Waals surface area (Å²) in [5, 5.41) is 11.0. The Balaban J connectivity index is 1.37. The number of nitrogens with zero attached hydrogens (tertiary/aromatic N) is 7. The van der Waals surface area contributed by atoms with E-state index in [9.17, 15) is 4.79 Å². The Kier molecular flexibility index (Phi) is 7.11. The summed E-state index contributed by atoms with van der Waals surface area (Å²) < 4.78 is 7.77. The second kappa shape index (κ2) is 10.2. The summed E-state index contributed by atoms with van der Waals surface area (Å²) in [4.78, 5) is 26.9. The fourth-order valence-corrected chi connectivity index (χ4v) is 4.02. The van der Waals surface area contributed by atoms with Crippen molar-refractivity contribution in [2.75, 3.05) is 36.9 Å². The predicted molar refractivity (Wildman–Crippen MR) is 129 cm³/mol. The Morgan fingerprint density at radius 2 is 2.06 bits per heavy atom. The van der Waals surface area contributed by atoms with Gasteiger partial charge in [0, 0.05) is 44.5 Å². The molecule has 4 rings (SSSR count). The molecule has 0 aromatic carbocycles. The minimum absolute atomic E-state index is 0.0606. The number of piperidine rings is 1. The zero-order valence-electron chi connectivity index (χ0n) is 19.5. The number of hydrogen-bond acceptors (Lipinski definition) is 9. The fourth-order valence-electron chi connectivity index (χ4n) is 3.84. The Hall–Kier alpha value is -3.47. The molecule has 0 saturated carbocycles. The molecule has 1 saturated heterocycles. The highest BCUT2D eigenvalue weighted by molar-refractivity contribution is 6.28. The first kappa shape index (κ1) is 23.7. The first-order valence-corrected chi connectivity index (χ1v) is 11.6. The summed E-state index contributed by atoms with van der Waals surface area (Å²) in [7, 11) is 1.84. The number of nitrogens with two attached hydrogens (primary N) is 1. The van der Waals surface area contributed by atoms with Gasteiger partial charge in [-0.25, -0.2) is 15.0 Å². The van der Waals surface area contributed by atoms with Crippen molar-refractivity contribution in [3.63, 3.8) is 0 Å². The van der Waals surface area contributed by atoms with Gasteiger partial charge in [-0.1, -0.05) is 5.21 Å². The van der Waals surface area contributed by atoms with Crippen molar-refractivity contribution < 1.29 is 9.53 Å². The lowest BCUT2D eigenvalue weighted by molar-refractivity contribution is 0.0950. The third kappa shape index (κ3) is 5.19. The van der Waals surface area contributed by atoms with Crippen LogP contribution in [-0.4, -0.2) is 62.1 Å². The minimum atomic E-state index is -0.263. The molecule has 1 fully saturated rings. The van der Waals surface area contributed by atoms with Crippen molar-refractivity contribution in [1.82, 2.24) is 35.3 Å². The summed E-state index contributed by atoms with van der Waals surface area (Å²) >= 11 is 6.07. The molecule has 3 aromatic heterocycles. The summed E-state index contributed by atoms with van der Waals surface area (Å²) in [6, 6.07) is 3.54. The summed E-state index contributed by atoms with van der Waals surface area (Å²) in [5.41, 5.74) is 8.82. The lowest BCUT2D eigenvalue weighted by Gasteiger charge is -2.32. The van der Waals surface area contributed by atoms with Crippen LogP contribution in [0, 0.1) is 12.8 Å². The molecule has 0 unspecified atom stereocenters. The normalized spacial score (nSPS) is 14.3. The van der Waals surface area contributed by atoms with E-state index in [0.29, 0.717) is 36.5 Å². The van der Waals surface area contributed by atoms with Gasteiger partial charge in [0.25, 0.3) is 5.91 Å². The van der Waals surface area contributed by atoms with Crippen LogP contribution in [0.2, 0.25) is 5.28 Å². The average molecular weight is 486 g/mol. The van der Waals surface area contributed by atoms with E-state index in [1.807, 2.05) is 27.0 Å². The van der Waals surface area contributed by atoms with Crippen LogP contribution >= 0.6 is 11.6 Å². The van der Waals surface area contributed by atoms with Gasteiger partial charge in [-0.3, -0.25) is 9.48 Å². The van der Waals surface area contributed by atoms with Crippen molar-refractivity contribution in [1.29, 1.82) is 0 Å². The van der Waals surface area contributed by atoms with E-state index in [4.69, 9.17) is 22.1 Å². The second-order valence-electron chi connectivity index (χ2n) is 8.24. The van der Waals surface area contributed by atoms with Crippen molar-refractivity contribution in [3.8, 4) is 17.0 Å². The van der Waals surface area contributed by atoms with Gasteiger partial charge < -0.3 is 20.7 Å². The lowest BCUT2D eigenvalue weighted by atomic mass is 9.98. The highest BCUT2D eigenvalue weighted by Crippen LogP contribution is 2.29. The molecule has 180 valence electrons. The molecule has 3 aromatic rings. The van der Waals surface area contributed by atoms with E-state index < -0.39 is 0 Å². The minimum Gasteiger partial charge on any atom is -0.489 e. The molecule has 0 bridgehead atoms. The standard InChI is InChI=1S/C22H28ClN9O2/c1-4-25-21(33)16-10-18(28-22(23)27-16)32-7-5-14(6-8-32)12-34-17-9-15(11-26-20(17)24)19-13(2)31(3)30-29-19/h9-11,14H,4-8,12H2,1-3H3,(H2,24,26)(H,25,33). The number of nitrogen functional groups attached to an aromatic ring is 1. The Morgan fingerprint density at radius 1 is 1.29 bits per heavy atom. The second-order valence-corrected chi connectivity index (χ2v) is 8.57. The quantitative estimate of drug-likeness (QED) is 0.482. The maximum absolute atomic E-state index is 12.1. The van der Waals surface area contributed by atoms with Crippen molar-refractivity contribution in [2.45, 2.75) is 26.7 Å². The van der Waals surface area contributed by atoms with Crippen LogP contribution in [0.1, 0.15) is 35.9 Å². The molecular weight excluding hydrogens is 458 g/mol. The number of pyridine rings is 1. The van der Waals surface area contributed by atoms with Crippen LogP contribution in [0.5, 0.6) is 5.75 Å². The predicted octanol–water partition coefficient (Wildman–Crippen LogP) is 2.26.